The summed E-state index contributed by atoms with van der Waals surface area (Å²) in [7, 11) is 0. The molecule has 1 unspecified atom stereocenters. The lowest BCUT2D eigenvalue weighted by Gasteiger charge is -2.21. The van der Waals surface area contributed by atoms with Crippen molar-refractivity contribution >= 4 is 5.97 Å². The first-order valence-corrected chi connectivity index (χ1v) is 5.98. The van der Waals surface area contributed by atoms with Crippen LogP contribution in [0.2, 0.25) is 0 Å². The molecule has 1 aromatic carbocycles. The SMILES string of the molecule is O=C(O)CC1=CC=CCC1OCc1ccccc1. The van der Waals surface area contributed by atoms with Crippen LogP contribution in [0.1, 0.15) is 18.4 Å². The fraction of sp³-hybridized carbons (Fsp3) is 0.267. The normalized spacial score (nSPS) is 18.4. The van der Waals surface area contributed by atoms with Gasteiger partial charge in [-0.1, -0.05) is 48.6 Å². The maximum Gasteiger partial charge on any atom is 0.307 e. The Hall–Kier alpha value is -1.87. The molecule has 1 aliphatic carbocycles. The first kappa shape index (κ1) is 12.6. The highest BCUT2D eigenvalue weighted by Gasteiger charge is 2.18. The van der Waals surface area contributed by atoms with Crippen molar-refractivity contribution < 1.29 is 14.6 Å². The van der Waals surface area contributed by atoms with Crippen molar-refractivity contribution in [1.82, 2.24) is 0 Å². The number of hydrogen-bond acceptors (Lipinski definition) is 2. The third kappa shape index (κ3) is 3.57. The van der Waals surface area contributed by atoms with Gasteiger partial charge in [-0.25, -0.2) is 0 Å². The maximum absolute atomic E-state index is 10.8. The van der Waals surface area contributed by atoms with Gasteiger partial charge in [-0.2, -0.15) is 0 Å². The molecule has 1 atom stereocenters. The molecule has 1 N–H and O–H groups in total. The minimum absolute atomic E-state index is 0.0454. The predicted molar refractivity (Wildman–Crippen MR) is 69.1 cm³/mol. The molecule has 0 saturated heterocycles. The fourth-order valence-electron chi connectivity index (χ4n) is 1.95. The van der Waals surface area contributed by atoms with Gasteiger partial charge in [-0.15, -0.1) is 0 Å². The number of rotatable bonds is 5. The Balaban J connectivity index is 1.94. The number of allylic oxidation sites excluding steroid dienone is 2. The van der Waals surface area contributed by atoms with E-state index in [4.69, 9.17) is 9.84 Å². The van der Waals surface area contributed by atoms with Gasteiger partial charge in [0.2, 0.25) is 0 Å². The van der Waals surface area contributed by atoms with Gasteiger partial charge in [0, 0.05) is 0 Å². The van der Waals surface area contributed by atoms with Crippen LogP contribution in [0.5, 0.6) is 0 Å². The minimum Gasteiger partial charge on any atom is -0.481 e. The zero-order chi connectivity index (χ0) is 12.8. The second kappa shape index (κ2) is 6.17. The number of aliphatic carboxylic acids is 1. The van der Waals surface area contributed by atoms with Crippen LogP contribution in [0.15, 0.2) is 54.1 Å². The molecule has 2 rings (SSSR count). The summed E-state index contributed by atoms with van der Waals surface area (Å²) in [5, 5.41) is 8.85. The average Bonchev–Trinajstić information content (AvgIpc) is 2.38. The van der Waals surface area contributed by atoms with E-state index in [1.54, 1.807) is 0 Å². The predicted octanol–water partition coefficient (Wildman–Crippen LogP) is 2.93. The molecule has 0 saturated carbocycles. The van der Waals surface area contributed by atoms with Crippen LogP contribution in [0.4, 0.5) is 0 Å². The van der Waals surface area contributed by atoms with Crippen molar-refractivity contribution in [3.63, 3.8) is 0 Å². The van der Waals surface area contributed by atoms with Crippen molar-refractivity contribution in [1.29, 1.82) is 0 Å². The van der Waals surface area contributed by atoms with E-state index in [-0.39, 0.29) is 12.5 Å². The molecule has 0 radical (unpaired) electrons. The third-order valence-corrected chi connectivity index (χ3v) is 2.86. The molecular formula is C15H16O3. The van der Waals surface area contributed by atoms with Gasteiger partial charge < -0.3 is 9.84 Å². The Labute approximate surface area is 106 Å². The lowest BCUT2D eigenvalue weighted by Crippen LogP contribution is -2.19. The Kier molecular flexibility index (Phi) is 4.31. The highest BCUT2D eigenvalue weighted by Crippen LogP contribution is 2.21. The first-order valence-electron chi connectivity index (χ1n) is 5.98. The molecule has 0 amide bonds. The van der Waals surface area contributed by atoms with E-state index in [0.717, 1.165) is 17.6 Å². The van der Waals surface area contributed by atoms with Crippen LogP contribution in [-0.4, -0.2) is 17.2 Å². The van der Waals surface area contributed by atoms with Crippen LogP contribution < -0.4 is 0 Å². The molecular weight excluding hydrogens is 228 g/mol. The molecule has 0 fully saturated rings. The average molecular weight is 244 g/mol. The van der Waals surface area contributed by atoms with Crippen molar-refractivity contribution in [2.45, 2.75) is 25.6 Å². The summed E-state index contributed by atoms with van der Waals surface area (Å²) in [6, 6.07) is 9.89. The summed E-state index contributed by atoms with van der Waals surface area (Å²) in [4.78, 5) is 10.8. The Morgan fingerprint density at radius 2 is 2.11 bits per heavy atom. The Morgan fingerprint density at radius 3 is 2.83 bits per heavy atom. The van der Waals surface area contributed by atoms with E-state index in [1.807, 2.05) is 48.6 Å². The highest BCUT2D eigenvalue weighted by atomic mass is 16.5. The number of carboxylic acids is 1. The number of carboxylic acid groups (broad SMARTS) is 1. The van der Waals surface area contributed by atoms with Gasteiger partial charge in [0.1, 0.15) is 0 Å². The monoisotopic (exact) mass is 244 g/mol. The van der Waals surface area contributed by atoms with Crippen LogP contribution in [0, 0.1) is 0 Å². The molecule has 0 aliphatic heterocycles. The second-order valence-electron chi connectivity index (χ2n) is 4.26. The van der Waals surface area contributed by atoms with E-state index >= 15 is 0 Å². The minimum atomic E-state index is -0.815. The van der Waals surface area contributed by atoms with Crippen LogP contribution in [0.3, 0.4) is 0 Å². The van der Waals surface area contributed by atoms with E-state index in [0.29, 0.717) is 6.61 Å². The fourth-order valence-corrected chi connectivity index (χ4v) is 1.95. The Morgan fingerprint density at radius 1 is 1.33 bits per heavy atom. The van der Waals surface area contributed by atoms with Crippen LogP contribution in [0.25, 0.3) is 0 Å². The van der Waals surface area contributed by atoms with Gasteiger partial charge in [-0.05, 0) is 17.6 Å². The summed E-state index contributed by atoms with van der Waals surface area (Å²) < 4.78 is 5.80. The van der Waals surface area contributed by atoms with E-state index in [1.165, 1.54) is 0 Å². The van der Waals surface area contributed by atoms with Crippen LogP contribution >= 0.6 is 0 Å². The third-order valence-electron chi connectivity index (χ3n) is 2.86. The molecule has 18 heavy (non-hydrogen) atoms. The van der Waals surface area contributed by atoms with Crippen LogP contribution in [-0.2, 0) is 16.1 Å². The van der Waals surface area contributed by atoms with Gasteiger partial charge in [0.25, 0.3) is 0 Å². The summed E-state index contributed by atoms with van der Waals surface area (Å²) >= 11 is 0. The van der Waals surface area contributed by atoms with Gasteiger partial charge >= 0.3 is 5.97 Å². The van der Waals surface area contributed by atoms with Gasteiger partial charge in [0.05, 0.1) is 19.1 Å². The highest BCUT2D eigenvalue weighted by molar-refractivity contribution is 5.70. The molecule has 0 heterocycles. The standard InChI is InChI=1S/C15H16O3/c16-15(17)10-13-8-4-5-9-14(13)18-11-12-6-2-1-3-7-12/h1-8,14H,9-11H2,(H,16,17). The van der Waals surface area contributed by atoms with Gasteiger partial charge in [-0.3, -0.25) is 4.79 Å². The van der Waals surface area contributed by atoms with Crippen molar-refractivity contribution in [2.24, 2.45) is 0 Å². The van der Waals surface area contributed by atoms with E-state index in [9.17, 15) is 4.79 Å². The van der Waals surface area contributed by atoms with E-state index < -0.39 is 5.97 Å². The summed E-state index contributed by atoms with van der Waals surface area (Å²) in [5.74, 6) is -0.815. The smallest absolute Gasteiger partial charge is 0.307 e. The van der Waals surface area contributed by atoms with E-state index in [2.05, 4.69) is 0 Å². The number of carbonyl (C=O) groups is 1. The molecule has 1 aliphatic rings. The molecule has 3 nitrogen and oxygen atoms in total. The summed E-state index contributed by atoms with van der Waals surface area (Å²) in [6.07, 6.45) is 6.40. The zero-order valence-corrected chi connectivity index (χ0v) is 10.1. The largest absolute Gasteiger partial charge is 0.481 e. The first-order chi connectivity index (χ1) is 8.75. The molecule has 0 bridgehead atoms. The molecule has 0 spiro atoms. The zero-order valence-electron chi connectivity index (χ0n) is 10.1. The summed E-state index contributed by atoms with van der Waals surface area (Å²) in [5.41, 5.74) is 1.93. The molecule has 1 aromatic rings. The molecule has 3 heteroatoms. The van der Waals surface area contributed by atoms with Gasteiger partial charge in [0.15, 0.2) is 0 Å². The lowest BCUT2D eigenvalue weighted by atomic mass is 9.98. The van der Waals surface area contributed by atoms with Crippen molar-refractivity contribution in [3.8, 4) is 0 Å². The molecule has 94 valence electrons. The number of ether oxygens (including phenoxy) is 1. The van der Waals surface area contributed by atoms with Crippen molar-refractivity contribution in [2.75, 3.05) is 0 Å². The maximum atomic E-state index is 10.8. The molecule has 0 aromatic heterocycles. The summed E-state index contributed by atoms with van der Waals surface area (Å²) in [6.45, 7) is 0.510. The van der Waals surface area contributed by atoms with Crippen molar-refractivity contribution in [3.05, 3.63) is 59.7 Å². The Bertz CT molecular complexity index is 460. The second-order valence-corrected chi connectivity index (χ2v) is 4.26. The number of benzene rings is 1. The lowest BCUT2D eigenvalue weighted by molar-refractivity contribution is -0.136. The quantitative estimate of drug-likeness (QED) is 0.866. The topological polar surface area (TPSA) is 46.5 Å². The number of hydrogen-bond donors (Lipinski definition) is 1.